The first kappa shape index (κ1) is 35.7. The summed E-state index contributed by atoms with van der Waals surface area (Å²) in [4.78, 5) is 2.45. The van der Waals surface area contributed by atoms with Crippen molar-refractivity contribution in [2.24, 2.45) is 0 Å². The van der Waals surface area contributed by atoms with Gasteiger partial charge in [-0.3, -0.25) is 0 Å². The fourth-order valence-corrected chi connectivity index (χ4v) is 9.62. The van der Waals surface area contributed by atoms with Crippen LogP contribution in [-0.4, -0.2) is 4.57 Å². The number of hydrogen-bond donors (Lipinski definition) is 0. The first-order valence-corrected chi connectivity index (χ1v) is 21.3. The lowest BCUT2D eigenvalue weighted by molar-refractivity contribution is 1.17. The molecule has 0 N–H and O–H groups in total. The smallest absolute Gasteiger partial charge is 0.0546 e. The Balaban J connectivity index is 1.07. The van der Waals surface area contributed by atoms with Gasteiger partial charge < -0.3 is 9.47 Å². The van der Waals surface area contributed by atoms with Crippen LogP contribution in [-0.2, 0) is 0 Å². The number of anilines is 3. The van der Waals surface area contributed by atoms with Crippen LogP contribution in [0.5, 0.6) is 0 Å². The lowest BCUT2D eigenvalue weighted by Gasteiger charge is -2.29. The Kier molecular flexibility index (Phi) is 8.53. The summed E-state index contributed by atoms with van der Waals surface area (Å²) >= 11 is 0. The van der Waals surface area contributed by atoms with Crippen LogP contribution in [0.4, 0.5) is 17.1 Å². The molecule has 11 aromatic carbocycles. The van der Waals surface area contributed by atoms with E-state index in [9.17, 15) is 0 Å². The first-order chi connectivity index (χ1) is 30.7. The molecular weight excluding hydrogens is 749 g/mol. The number of nitrogens with zero attached hydrogens (tertiary/aromatic N) is 2. The summed E-state index contributed by atoms with van der Waals surface area (Å²) < 4.78 is 2.41. The molecule has 0 radical (unpaired) electrons. The SMILES string of the molecule is c1ccc(-c2ccc(-c3cccc4ccccc34)cc2N(c2ccc(-c3ccc4c(ccc5ccccc54)c3)cc2)c2cccc(-n3c4ccccc4c4ccccc43)c2)cc1. The maximum Gasteiger partial charge on any atom is 0.0546 e. The van der Waals surface area contributed by atoms with E-state index in [0.717, 1.165) is 33.9 Å². The Morgan fingerprint density at radius 2 is 0.855 bits per heavy atom. The van der Waals surface area contributed by atoms with Crippen molar-refractivity contribution < 1.29 is 0 Å². The van der Waals surface area contributed by atoms with Crippen LogP contribution in [0.3, 0.4) is 0 Å². The van der Waals surface area contributed by atoms with Gasteiger partial charge in [-0.1, -0.05) is 188 Å². The highest BCUT2D eigenvalue weighted by atomic mass is 15.1. The number of para-hydroxylation sites is 2. The average Bonchev–Trinajstić information content (AvgIpc) is 3.69. The predicted octanol–water partition coefficient (Wildman–Crippen LogP) is 16.7. The fourth-order valence-electron chi connectivity index (χ4n) is 9.62. The third-order valence-electron chi connectivity index (χ3n) is 12.6. The summed E-state index contributed by atoms with van der Waals surface area (Å²) in [5, 5.41) is 10.0. The molecule has 12 rings (SSSR count). The highest BCUT2D eigenvalue weighted by Crippen LogP contribution is 2.45. The van der Waals surface area contributed by atoms with Gasteiger partial charge in [-0.05, 0) is 115 Å². The highest BCUT2D eigenvalue weighted by molar-refractivity contribution is 6.10. The third-order valence-corrected chi connectivity index (χ3v) is 12.6. The molecule has 1 heterocycles. The Hall–Kier alpha value is -8.20. The van der Waals surface area contributed by atoms with E-state index in [4.69, 9.17) is 0 Å². The lowest BCUT2D eigenvalue weighted by Crippen LogP contribution is -2.12. The van der Waals surface area contributed by atoms with Crippen molar-refractivity contribution in [2.75, 3.05) is 4.90 Å². The van der Waals surface area contributed by atoms with Crippen LogP contribution >= 0.6 is 0 Å². The zero-order valence-corrected chi connectivity index (χ0v) is 34.0. The summed E-state index contributed by atoms with van der Waals surface area (Å²) in [6.07, 6.45) is 0. The predicted molar refractivity (Wildman–Crippen MR) is 264 cm³/mol. The largest absolute Gasteiger partial charge is 0.310 e. The van der Waals surface area contributed by atoms with E-state index in [2.05, 4.69) is 252 Å². The molecule has 1 aromatic heterocycles. The number of fused-ring (bicyclic) bond motifs is 7. The van der Waals surface area contributed by atoms with Crippen molar-refractivity contribution in [1.29, 1.82) is 0 Å². The van der Waals surface area contributed by atoms with Gasteiger partial charge in [-0.2, -0.15) is 0 Å². The number of rotatable bonds is 7. The van der Waals surface area contributed by atoms with Gasteiger partial charge in [0.05, 0.1) is 16.7 Å². The second kappa shape index (κ2) is 14.8. The molecule has 12 aromatic rings. The van der Waals surface area contributed by atoms with E-state index < -0.39 is 0 Å². The summed E-state index contributed by atoms with van der Waals surface area (Å²) in [5.74, 6) is 0. The second-order valence-corrected chi connectivity index (χ2v) is 16.1. The first-order valence-electron chi connectivity index (χ1n) is 21.3. The molecule has 2 heteroatoms. The van der Waals surface area contributed by atoms with Crippen LogP contribution in [0.1, 0.15) is 0 Å². The van der Waals surface area contributed by atoms with E-state index in [1.165, 1.54) is 76.4 Å². The zero-order chi connectivity index (χ0) is 41.0. The van der Waals surface area contributed by atoms with Gasteiger partial charge in [0.15, 0.2) is 0 Å². The maximum absolute atomic E-state index is 2.45. The minimum Gasteiger partial charge on any atom is -0.310 e. The Bertz CT molecular complexity index is 3580. The fraction of sp³-hybridized carbons (Fsp3) is 0. The summed E-state index contributed by atoms with van der Waals surface area (Å²) in [7, 11) is 0. The molecule has 0 saturated heterocycles. The molecule has 0 spiro atoms. The van der Waals surface area contributed by atoms with Gasteiger partial charge in [-0.25, -0.2) is 0 Å². The molecule has 0 amide bonds. The van der Waals surface area contributed by atoms with Gasteiger partial charge in [0, 0.05) is 33.4 Å². The van der Waals surface area contributed by atoms with Crippen molar-refractivity contribution in [2.45, 2.75) is 0 Å². The molecule has 62 heavy (non-hydrogen) atoms. The van der Waals surface area contributed by atoms with Crippen LogP contribution in [0.2, 0.25) is 0 Å². The highest BCUT2D eigenvalue weighted by Gasteiger charge is 2.21. The Morgan fingerprint density at radius 1 is 0.274 bits per heavy atom. The Morgan fingerprint density at radius 3 is 1.63 bits per heavy atom. The van der Waals surface area contributed by atoms with Crippen molar-refractivity contribution in [3.8, 4) is 39.1 Å². The van der Waals surface area contributed by atoms with E-state index in [0.29, 0.717) is 0 Å². The van der Waals surface area contributed by atoms with Crippen LogP contribution in [0.25, 0.3) is 93.2 Å². The molecule has 0 aliphatic heterocycles. The average molecular weight is 789 g/mol. The lowest BCUT2D eigenvalue weighted by atomic mass is 9.94. The minimum atomic E-state index is 1.07. The van der Waals surface area contributed by atoms with E-state index in [1.807, 2.05) is 0 Å². The second-order valence-electron chi connectivity index (χ2n) is 16.1. The minimum absolute atomic E-state index is 1.07. The van der Waals surface area contributed by atoms with Crippen molar-refractivity contribution in [3.05, 3.63) is 243 Å². The molecular formula is C60H40N2. The van der Waals surface area contributed by atoms with Crippen molar-refractivity contribution in [1.82, 2.24) is 4.57 Å². The van der Waals surface area contributed by atoms with Crippen LogP contribution in [0, 0.1) is 0 Å². The molecule has 0 aliphatic rings. The van der Waals surface area contributed by atoms with E-state index in [1.54, 1.807) is 0 Å². The quantitative estimate of drug-likeness (QED) is 0.146. The van der Waals surface area contributed by atoms with Crippen molar-refractivity contribution >= 4 is 71.2 Å². The summed E-state index contributed by atoms with van der Waals surface area (Å²) in [5.41, 5.74) is 13.8. The number of benzene rings is 11. The zero-order valence-electron chi connectivity index (χ0n) is 34.0. The topological polar surface area (TPSA) is 8.17 Å². The molecule has 0 unspecified atom stereocenters. The van der Waals surface area contributed by atoms with Crippen LogP contribution in [0.15, 0.2) is 243 Å². The molecule has 0 atom stereocenters. The van der Waals surface area contributed by atoms with E-state index in [-0.39, 0.29) is 0 Å². The van der Waals surface area contributed by atoms with E-state index >= 15 is 0 Å². The summed E-state index contributed by atoms with van der Waals surface area (Å²) in [6, 6.07) is 88.7. The maximum atomic E-state index is 2.45. The van der Waals surface area contributed by atoms with Gasteiger partial charge in [-0.15, -0.1) is 0 Å². The molecule has 2 nitrogen and oxygen atoms in total. The van der Waals surface area contributed by atoms with Crippen LogP contribution < -0.4 is 4.90 Å². The number of hydrogen-bond acceptors (Lipinski definition) is 1. The monoisotopic (exact) mass is 788 g/mol. The third kappa shape index (κ3) is 6.04. The van der Waals surface area contributed by atoms with Gasteiger partial charge in [0.25, 0.3) is 0 Å². The Labute approximate surface area is 360 Å². The molecule has 0 fully saturated rings. The summed E-state index contributed by atoms with van der Waals surface area (Å²) in [6.45, 7) is 0. The molecule has 0 bridgehead atoms. The standard InChI is InChI=1S/C60H40N2/c1-2-14-43(15-3-1)55-37-33-47(53-25-12-18-42-16-4-6-21-51(42)53)39-60(55)61(49-19-13-20-50(40-49)62-58-26-10-8-23-56(58)57-24-9-11-27-59(57)62)48-34-30-41(31-35-48)45-32-36-54-46(38-45)29-28-44-17-5-7-22-52(44)54/h1-40H. The van der Waals surface area contributed by atoms with Gasteiger partial charge >= 0.3 is 0 Å². The molecule has 0 saturated carbocycles. The molecule has 290 valence electrons. The normalized spacial score (nSPS) is 11.5. The van der Waals surface area contributed by atoms with Gasteiger partial charge in [0.1, 0.15) is 0 Å². The van der Waals surface area contributed by atoms with Gasteiger partial charge in [0.2, 0.25) is 0 Å². The number of aromatic nitrogens is 1. The van der Waals surface area contributed by atoms with Crippen molar-refractivity contribution in [3.63, 3.8) is 0 Å². The molecule has 0 aliphatic carbocycles.